The Balaban J connectivity index is 0.00000561. The van der Waals surface area contributed by atoms with Gasteiger partial charge in [0.05, 0.1) is 19.9 Å². The quantitative estimate of drug-likeness (QED) is 0.105. The Labute approximate surface area is 325 Å². The summed E-state index contributed by atoms with van der Waals surface area (Å²) in [6, 6.07) is 30.4. The number of ether oxygens (including phenoxy) is 4. The van der Waals surface area contributed by atoms with Gasteiger partial charge in [0, 0.05) is 51.3 Å². The van der Waals surface area contributed by atoms with E-state index in [1.54, 1.807) is 25.4 Å². The highest BCUT2D eigenvalue weighted by atomic mass is 35.5. The minimum atomic E-state index is 0. The molecule has 4 aromatic carbocycles. The zero-order valence-electron chi connectivity index (χ0n) is 31.8. The van der Waals surface area contributed by atoms with E-state index < -0.39 is 0 Å². The molecule has 282 valence electrons. The minimum Gasteiger partial charge on any atom is -0.497 e. The van der Waals surface area contributed by atoms with Crippen molar-refractivity contribution in [3.05, 3.63) is 148 Å². The smallest absolute Gasteiger partial charge is 0.246 e. The van der Waals surface area contributed by atoms with Gasteiger partial charge in [-0.15, -0.1) is 12.4 Å². The van der Waals surface area contributed by atoms with E-state index in [-0.39, 0.29) is 18.3 Å². The van der Waals surface area contributed by atoms with Crippen LogP contribution in [0.3, 0.4) is 0 Å². The minimum absolute atomic E-state index is 0. The molecule has 6 rings (SSSR count). The summed E-state index contributed by atoms with van der Waals surface area (Å²) in [4.78, 5) is 22.0. The van der Waals surface area contributed by atoms with Gasteiger partial charge in [-0.05, 0) is 115 Å². The van der Waals surface area contributed by atoms with E-state index in [9.17, 15) is 4.79 Å². The first kappa shape index (κ1) is 39.9. The molecule has 54 heavy (non-hydrogen) atoms. The van der Waals surface area contributed by atoms with Gasteiger partial charge in [0.15, 0.2) is 0 Å². The number of carbonyl (C=O) groups excluding carboxylic acids is 1. The van der Waals surface area contributed by atoms with Crippen LogP contribution in [-0.4, -0.2) is 60.6 Å². The summed E-state index contributed by atoms with van der Waals surface area (Å²) in [6.45, 7) is 13.3. The molecule has 2 heterocycles. The average molecular weight is 748 g/mol. The third kappa shape index (κ3) is 11.1. The summed E-state index contributed by atoms with van der Waals surface area (Å²) < 4.78 is 23.2. The number of piperazine rings is 1. The van der Waals surface area contributed by atoms with Crippen LogP contribution in [0.25, 0.3) is 6.08 Å². The summed E-state index contributed by atoms with van der Waals surface area (Å²) in [5.41, 5.74) is 9.05. The van der Waals surface area contributed by atoms with Gasteiger partial charge < -0.3 is 23.8 Å². The maximum atomic E-state index is 13.1. The predicted octanol–water partition coefficient (Wildman–Crippen LogP) is 9.10. The van der Waals surface area contributed by atoms with Crippen LogP contribution in [0.5, 0.6) is 28.9 Å². The first-order valence-electron chi connectivity index (χ1n) is 18.2. The second kappa shape index (κ2) is 19.1. The van der Waals surface area contributed by atoms with Crippen LogP contribution in [-0.2, 0) is 24.4 Å². The lowest BCUT2D eigenvalue weighted by molar-refractivity contribution is -0.127. The van der Waals surface area contributed by atoms with Crippen molar-refractivity contribution in [2.45, 2.75) is 47.3 Å². The number of halogens is 1. The SMILES string of the molecule is COc1ccc(COc2ccc(Oc3c(C)cc(C=CC(=O)N4CCN(Cc5ccc(CCOc6ccc(C)cc6)cc5C)CC4)cc3C)nc2)cc1.Cl. The zero-order valence-corrected chi connectivity index (χ0v) is 32.7. The molecule has 1 aliphatic rings. The number of amides is 1. The fraction of sp³-hybridized carbons (Fsp3) is 0.289. The lowest BCUT2D eigenvalue weighted by Gasteiger charge is -2.34. The van der Waals surface area contributed by atoms with E-state index in [2.05, 4.69) is 54.1 Å². The van der Waals surface area contributed by atoms with Gasteiger partial charge in [0.1, 0.15) is 29.6 Å². The fourth-order valence-electron chi connectivity index (χ4n) is 6.40. The molecule has 1 fully saturated rings. The van der Waals surface area contributed by atoms with E-state index >= 15 is 0 Å². The van der Waals surface area contributed by atoms with Crippen LogP contribution in [0, 0.1) is 27.7 Å². The van der Waals surface area contributed by atoms with Crippen molar-refractivity contribution in [1.29, 1.82) is 0 Å². The second-order valence-electron chi connectivity index (χ2n) is 13.7. The molecular weight excluding hydrogens is 698 g/mol. The molecule has 1 saturated heterocycles. The van der Waals surface area contributed by atoms with E-state index in [4.69, 9.17) is 18.9 Å². The molecule has 0 aliphatic carbocycles. The van der Waals surface area contributed by atoms with Crippen molar-refractivity contribution >= 4 is 24.4 Å². The Morgan fingerprint density at radius 1 is 0.741 bits per heavy atom. The van der Waals surface area contributed by atoms with E-state index in [1.165, 1.54) is 22.3 Å². The average Bonchev–Trinajstić information content (AvgIpc) is 3.17. The number of hydrogen-bond acceptors (Lipinski definition) is 7. The number of rotatable bonds is 14. The molecule has 9 heteroatoms. The number of pyridine rings is 1. The summed E-state index contributed by atoms with van der Waals surface area (Å²) in [5, 5.41) is 0. The highest BCUT2D eigenvalue weighted by Gasteiger charge is 2.20. The molecule has 8 nitrogen and oxygen atoms in total. The van der Waals surface area contributed by atoms with E-state index in [0.717, 1.165) is 65.6 Å². The number of carbonyl (C=O) groups is 1. The third-order valence-electron chi connectivity index (χ3n) is 9.55. The normalized spacial score (nSPS) is 13.0. The third-order valence-corrected chi connectivity index (χ3v) is 9.55. The van der Waals surface area contributed by atoms with Gasteiger partial charge in [-0.2, -0.15) is 0 Å². The predicted molar refractivity (Wildman–Crippen MR) is 217 cm³/mol. The molecule has 0 spiro atoms. The zero-order chi connectivity index (χ0) is 37.2. The Hall–Kier alpha value is -5.31. The monoisotopic (exact) mass is 747 g/mol. The number of benzene rings is 4. The Bertz CT molecular complexity index is 1980. The van der Waals surface area contributed by atoms with E-state index in [0.29, 0.717) is 37.9 Å². The van der Waals surface area contributed by atoms with Gasteiger partial charge in [-0.25, -0.2) is 4.98 Å². The molecular formula is C45H50ClN3O5. The lowest BCUT2D eigenvalue weighted by Crippen LogP contribution is -2.47. The maximum Gasteiger partial charge on any atom is 0.246 e. The largest absolute Gasteiger partial charge is 0.497 e. The van der Waals surface area contributed by atoms with Crippen molar-refractivity contribution in [3.63, 3.8) is 0 Å². The Morgan fingerprint density at radius 2 is 1.41 bits per heavy atom. The molecule has 1 aromatic heterocycles. The number of aryl methyl sites for hydroxylation is 4. The van der Waals surface area contributed by atoms with Crippen LogP contribution in [0.15, 0.2) is 103 Å². The highest BCUT2D eigenvalue weighted by Crippen LogP contribution is 2.30. The molecule has 1 amide bonds. The summed E-state index contributed by atoms with van der Waals surface area (Å²) >= 11 is 0. The second-order valence-corrected chi connectivity index (χ2v) is 13.7. The fourth-order valence-corrected chi connectivity index (χ4v) is 6.40. The molecule has 0 unspecified atom stereocenters. The molecule has 5 aromatic rings. The first-order valence-corrected chi connectivity index (χ1v) is 18.2. The number of nitrogens with zero attached hydrogens (tertiary/aromatic N) is 3. The van der Waals surface area contributed by atoms with Crippen LogP contribution in [0.1, 0.15) is 44.5 Å². The summed E-state index contributed by atoms with van der Waals surface area (Å²) in [6.07, 6.45) is 6.11. The molecule has 0 bridgehead atoms. The number of aromatic nitrogens is 1. The lowest BCUT2D eigenvalue weighted by atomic mass is 10.0. The van der Waals surface area contributed by atoms with Crippen LogP contribution in [0.2, 0.25) is 0 Å². The van der Waals surface area contributed by atoms with Crippen LogP contribution >= 0.6 is 12.4 Å². The van der Waals surface area contributed by atoms with Gasteiger partial charge >= 0.3 is 0 Å². The Morgan fingerprint density at radius 3 is 2.06 bits per heavy atom. The van der Waals surface area contributed by atoms with Crippen molar-refractivity contribution < 1.29 is 23.7 Å². The van der Waals surface area contributed by atoms with Crippen LogP contribution in [0.4, 0.5) is 0 Å². The van der Waals surface area contributed by atoms with Gasteiger partial charge in [0.2, 0.25) is 11.8 Å². The number of hydrogen-bond donors (Lipinski definition) is 0. The van der Waals surface area contributed by atoms with Gasteiger partial charge in [-0.1, -0.05) is 48.0 Å². The summed E-state index contributed by atoms with van der Waals surface area (Å²) in [5.74, 6) is 3.65. The Kier molecular flexibility index (Phi) is 14.1. The van der Waals surface area contributed by atoms with Crippen molar-refractivity contribution in [2.24, 2.45) is 0 Å². The molecule has 0 N–H and O–H groups in total. The molecule has 0 radical (unpaired) electrons. The highest BCUT2D eigenvalue weighted by molar-refractivity contribution is 5.92. The van der Waals surface area contributed by atoms with Gasteiger partial charge in [-0.3, -0.25) is 9.69 Å². The van der Waals surface area contributed by atoms with Crippen LogP contribution < -0.4 is 18.9 Å². The first-order chi connectivity index (χ1) is 25.7. The molecule has 1 aliphatic heterocycles. The summed E-state index contributed by atoms with van der Waals surface area (Å²) in [7, 11) is 1.65. The maximum absolute atomic E-state index is 13.1. The van der Waals surface area contributed by atoms with Crippen molar-refractivity contribution in [3.8, 4) is 28.9 Å². The standard InChI is InChI=1S/C45H49N3O5.ClH/c1-32-6-13-41(14-7-32)51-25-20-36-8-12-39(33(2)26-36)30-47-21-23-48(24-22-47)44(49)19-11-38-27-34(3)45(35(4)28-38)53-43-18-17-42(29-46-43)52-31-37-9-15-40(50-5)16-10-37;/h6-19,26-29H,20-25,30-31H2,1-5H3;1H. The van der Waals surface area contributed by atoms with E-state index in [1.807, 2.05) is 79.4 Å². The topological polar surface area (TPSA) is 73.4 Å². The number of methoxy groups -OCH3 is 1. The van der Waals surface area contributed by atoms with Crippen molar-refractivity contribution in [1.82, 2.24) is 14.8 Å². The molecule has 0 saturated carbocycles. The van der Waals surface area contributed by atoms with Gasteiger partial charge in [0.25, 0.3) is 0 Å². The molecule has 0 atom stereocenters. The van der Waals surface area contributed by atoms with Crippen molar-refractivity contribution in [2.75, 3.05) is 39.9 Å².